The number of aryl methyl sites for hydroxylation is 2. The highest BCUT2D eigenvalue weighted by Gasteiger charge is 2.03. The van der Waals surface area contributed by atoms with Crippen LogP contribution in [0, 0.1) is 25.7 Å². The molecule has 10 heteroatoms. The van der Waals surface area contributed by atoms with Crippen molar-refractivity contribution in [3.63, 3.8) is 0 Å². The van der Waals surface area contributed by atoms with E-state index in [-0.39, 0.29) is 0 Å². The predicted molar refractivity (Wildman–Crippen MR) is 149 cm³/mol. The fraction of sp³-hybridized carbons (Fsp3) is 0.103. The standard InChI is InChI=1S/C15H12FN3.C8H4ClFN2.C6H8N2/c1-10-8-11(6-7-17-10)9-12-2-3-14-13(18-12)4-5-15(16)19-14;9-7-3-1-6-5(11-7)2-4-8(10)12-6;1-5-4-6(7)2-3-8-5/h2-8H,9H2,1H3;1-4H;2-4H,1H3,(H2,7,8). The fourth-order valence-corrected chi connectivity index (χ4v) is 3.73. The van der Waals surface area contributed by atoms with E-state index in [1.165, 1.54) is 12.1 Å². The molecule has 0 unspecified atom stereocenters. The zero-order valence-corrected chi connectivity index (χ0v) is 21.9. The number of pyridine rings is 6. The lowest BCUT2D eigenvalue weighted by Gasteiger charge is -2.04. The molecule has 0 radical (unpaired) electrons. The van der Waals surface area contributed by atoms with E-state index in [1.54, 1.807) is 48.8 Å². The third-order valence-electron chi connectivity index (χ3n) is 5.31. The van der Waals surface area contributed by atoms with Gasteiger partial charge in [0.2, 0.25) is 11.9 Å². The molecule has 0 aliphatic rings. The minimum Gasteiger partial charge on any atom is -0.399 e. The summed E-state index contributed by atoms with van der Waals surface area (Å²) in [5, 5.41) is 0.385. The van der Waals surface area contributed by atoms with Crippen LogP contribution in [0.2, 0.25) is 5.15 Å². The summed E-state index contributed by atoms with van der Waals surface area (Å²) in [6.07, 6.45) is 4.23. The monoisotopic (exact) mass is 543 g/mol. The molecular weight excluding hydrogens is 520 g/mol. The van der Waals surface area contributed by atoms with Crippen LogP contribution in [0.3, 0.4) is 0 Å². The molecule has 6 aromatic heterocycles. The van der Waals surface area contributed by atoms with Crippen LogP contribution in [-0.4, -0.2) is 29.9 Å². The number of anilines is 1. The molecule has 0 saturated heterocycles. The number of hydrogen-bond acceptors (Lipinski definition) is 7. The molecule has 0 fully saturated rings. The van der Waals surface area contributed by atoms with Gasteiger partial charge in [0, 0.05) is 41.6 Å². The van der Waals surface area contributed by atoms with Gasteiger partial charge in [-0.2, -0.15) is 8.78 Å². The lowest BCUT2D eigenvalue weighted by atomic mass is 10.1. The SMILES string of the molecule is Cc1cc(Cc2ccc3nc(F)ccc3n2)ccn1.Cc1cc(N)ccn1.Fc1ccc2nc(Cl)ccc2n1. The van der Waals surface area contributed by atoms with Gasteiger partial charge in [-0.3, -0.25) is 15.0 Å². The highest BCUT2D eigenvalue weighted by Crippen LogP contribution is 2.15. The van der Waals surface area contributed by atoms with Crippen LogP contribution in [-0.2, 0) is 6.42 Å². The van der Waals surface area contributed by atoms with E-state index >= 15 is 0 Å². The maximum atomic E-state index is 13.0. The fourth-order valence-electron chi connectivity index (χ4n) is 3.58. The number of nitrogens with two attached hydrogens (primary N) is 1. The summed E-state index contributed by atoms with van der Waals surface area (Å²) >= 11 is 5.63. The molecule has 0 atom stereocenters. The van der Waals surface area contributed by atoms with Crippen LogP contribution >= 0.6 is 11.6 Å². The van der Waals surface area contributed by atoms with Gasteiger partial charge in [0.15, 0.2) is 0 Å². The van der Waals surface area contributed by atoms with Gasteiger partial charge >= 0.3 is 0 Å². The zero-order chi connectivity index (χ0) is 27.8. The molecule has 0 aliphatic heterocycles. The molecule has 0 aliphatic carbocycles. The van der Waals surface area contributed by atoms with Crippen molar-refractivity contribution in [1.82, 2.24) is 29.9 Å². The van der Waals surface area contributed by atoms with Crippen LogP contribution in [0.5, 0.6) is 0 Å². The summed E-state index contributed by atoms with van der Waals surface area (Å²) in [6.45, 7) is 3.88. The van der Waals surface area contributed by atoms with Gasteiger partial charge in [0.05, 0.1) is 22.1 Å². The van der Waals surface area contributed by atoms with Gasteiger partial charge in [-0.1, -0.05) is 11.6 Å². The van der Waals surface area contributed by atoms with Gasteiger partial charge < -0.3 is 5.73 Å². The number of fused-ring (bicyclic) bond motifs is 2. The molecule has 6 heterocycles. The molecule has 6 aromatic rings. The summed E-state index contributed by atoms with van der Waals surface area (Å²) in [6, 6.07) is 20.3. The topological polar surface area (TPSA) is 103 Å². The molecule has 2 N–H and O–H groups in total. The molecule has 0 spiro atoms. The molecule has 0 amide bonds. The van der Waals surface area contributed by atoms with E-state index in [4.69, 9.17) is 17.3 Å². The Morgan fingerprint density at radius 2 is 1.18 bits per heavy atom. The molecule has 196 valence electrons. The van der Waals surface area contributed by atoms with Gasteiger partial charge in [-0.25, -0.2) is 15.0 Å². The molecule has 6 rings (SSSR count). The van der Waals surface area contributed by atoms with Crippen LogP contribution in [0.25, 0.3) is 22.1 Å². The third-order valence-corrected chi connectivity index (χ3v) is 5.52. The van der Waals surface area contributed by atoms with Gasteiger partial charge in [-0.15, -0.1) is 0 Å². The summed E-state index contributed by atoms with van der Waals surface area (Å²) < 4.78 is 25.5. The Bertz CT molecular complexity index is 1670. The van der Waals surface area contributed by atoms with E-state index in [0.717, 1.165) is 34.8 Å². The summed E-state index contributed by atoms with van der Waals surface area (Å²) in [5.41, 5.74) is 12.6. The summed E-state index contributed by atoms with van der Waals surface area (Å²) in [4.78, 5) is 24.0. The van der Waals surface area contributed by atoms with Crippen LogP contribution in [0.4, 0.5) is 14.5 Å². The number of rotatable bonds is 2. The lowest BCUT2D eigenvalue weighted by molar-refractivity contribution is 0.588. The van der Waals surface area contributed by atoms with Crippen molar-refractivity contribution < 1.29 is 8.78 Å². The second kappa shape index (κ2) is 12.7. The van der Waals surface area contributed by atoms with Crippen LogP contribution in [0.1, 0.15) is 22.6 Å². The maximum absolute atomic E-state index is 13.0. The minimum atomic E-state index is -0.508. The van der Waals surface area contributed by atoms with E-state index in [9.17, 15) is 8.78 Å². The second-order valence-corrected chi connectivity index (χ2v) is 8.88. The predicted octanol–water partition coefficient (Wildman–Crippen LogP) is 6.46. The van der Waals surface area contributed by atoms with E-state index in [2.05, 4.69) is 29.9 Å². The Hall–Kier alpha value is -4.63. The number of nitrogen functional groups attached to an aromatic ring is 1. The third kappa shape index (κ3) is 8.18. The van der Waals surface area contributed by atoms with Crippen molar-refractivity contribution in [1.29, 1.82) is 0 Å². The summed E-state index contributed by atoms with van der Waals surface area (Å²) in [7, 11) is 0. The van der Waals surface area contributed by atoms with Crippen LogP contribution < -0.4 is 5.73 Å². The van der Waals surface area contributed by atoms with Gasteiger partial charge in [0.1, 0.15) is 5.15 Å². The molecule has 0 saturated carbocycles. The van der Waals surface area contributed by atoms with Gasteiger partial charge in [-0.05, 0) is 92.2 Å². The number of halogens is 3. The van der Waals surface area contributed by atoms with Gasteiger partial charge in [0.25, 0.3) is 0 Å². The first kappa shape index (κ1) is 27.4. The van der Waals surface area contributed by atoms with E-state index < -0.39 is 11.9 Å². The van der Waals surface area contributed by atoms with Crippen molar-refractivity contribution in [2.75, 3.05) is 5.73 Å². The van der Waals surface area contributed by atoms with Crippen molar-refractivity contribution in [2.24, 2.45) is 0 Å². The number of aromatic nitrogens is 6. The average molecular weight is 544 g/mol. The molecular formula is C29H24ClF2N7. The average Bonchev–Trinajstić information content (AvgIpc) is 2.90. The molecule has 0 bridgehead atoms. The normalized spacial score (nSPS) is 10.4. The Morgan fingerprint density at radius 1 is 0.641 bits per heavy atom. The Kier molecular flexibility index (Phi) is 8.96. The molecule has 7 nitrogen and oxygen atoms in total. The second-order valence-electron chi connectivity index (χ2n) is 8.49. The first-order valence-corrected chi connectivity index (χ1v) is 12.2. The maximum Gasteiger partial charge on any atom is 0.213 e. The smallest absolute Gasteiger partial charge is 0.213 e. The quantitative estimate of drug-likeness (QED) is 0.250. The van der Waals surface area contributed by atoms with E-state index in [0.29, 0.717) is 27.2 Å². The summed E-state index contributed by atoms with van der Waals surface area (Å²) in [5.74, 6) is -0.988. The van der Waals surface area contributed by atoms with Crippen molar-refractivity contribution in [3.05, 3.63) is 125 Å². The van der Waals surface area contributed by atoms with E-state index in [1.807, 2.05) is 38.1 Å². The van der Waals surface area contributed by atoms with Crippen molar-refractivity contribution in [3.8, 4) is 0 Å². The Morgan fingerprint density at radius 3 is 1.77 bits per heavy atom. The first-order chi connectivity index (χ1) is 18.7. The van der Waals surface area contributed by atoms with Crippen molar-refractivity contribution in [2.45, 2.75) is 20.3 Å². The number of hydrogen-bond donors (Lipinski definition) is 1. The Labute approximate surface area is 228 Å². The molecule has 0 aromatic carbocycles. The van der Waals surface area contributed by atoms with Crippen molar-refractivity contribution >= 4 is 39.4 Å². The highest BCUT2D eigenvalue weighted by molar-refractivity contribution is 6.29. The number of nitrogens with zero attached hydrogens (tertiary/aromatic N) is 6. The lowest BCUT2D eigenvalue weighted by Crippen LogP contribution is -1.95. The first-order valence-electron chi connectivity index (χ1n) is 11.9. The minimum absolute atomic E-state index is 0.385. The molecule has 39 heavy (non-hydrogen) atoms. The largest absolute Gasteiger partial charge is 0.399 e. The zero-order valence-electron chi connectivity index (χ0n) is 21.2. The van der Waals surface area contributed by atoms with Crippen LogP contribution in [0.15, 0.2) is 85.2 Å². The highest BCUT2D eigenvalue weighted by atomic mass is 35.5. The Balaban J connectivity index is 0.000000150.